The van der Waals surface area contributed by atoms with Crippen LogP contribution >= 0.6 is 11.6 Å². The summed E-state index contributed by atoms with van der Waals surface area (Å²) < 4.78 is 0. The topological polar surface area (TPSA) is 93.4 Å². The predicted octanol–water partition coefficient (Wildman–Crippen LogP) is 2.95. The molecule has 0 heterocycles. The Morgan fingerprint density at radius 2 is 2.19 bits per heavy atom. The molecule has 1 aliphatic rings. The number of hydrogen-bond donors (Lipinski definition) is 2. The fraction of sp³-hybridized carbons (Fsp3) is 0.357. The smallest absolute Gasteiger partial charge is 0.337 e. The minimum absolute atomic E-state index is 0.0156. The second-order valence-corrected chi connectivity index (χ2v) is 5.17. The molecule has 6 nitrogen and oxygen atoms in total. The van der Waals surface area contributed by atoms with Gasteiger partial charge >= 0.3 is 12.0 Å². The van der Waals surface area contributed by atoms with Gasteiger partial charge in [-0.2, -0.15) is 5.26 Å². The normalized spacial score (nSPS) is 13.3. The largest absolute Gasteiger partial charge is 0.478 e. The van der Waals surface area contributed by atoms with Crippen LogP contribution in [0.25, 0.3) is 0 Å². The van der Waals surface area contributed by atoms with E-state index in [-0.39, 0.29) is 29.1 Å². The highest BCUT2D eigenvalue weighted by molar-refractivity contribution is 6.33. The minimum Gasteiger partial charge on any atom is -0.478 e. The maximum atomic E-state index is 12.2. The van der Waals surface area contributed by atoms with E-state index in [1.165, 1.54) is 18.2 Å². The number of hydrogen-bond acceptors (Lipinski definition) is 3. The van der Waals surface area contributed by atoms with Gasteiger partial charge in [0, 0.05) is 18.3 Å². The first-order valence-corrected chi connectivity index (χ1v) is 6.88. The van der Waals surface area contributed by atoms with Crippen LogP contribution in [0.1, 0.15) is 29.6 Å². The Morgan fingerprint density at radius 3 is 2.71 bits per heavy atom. The molecule has 0 radical (unpaired) electrons. The third-order valence-electron chi connectivity index (χ3n) is 3.16. The van der Waals surface area contributed by atoms with Gasteiger partial charge in [-0.3, -0.25) is 0 Å². The van der Waals surface area contributed by atoms with Gasteiger partial charge in [0.1, 0.15) is 0 Å². The molecular weight excluding hydrogens is 294 g/mol. The second-order valence-electron chi connectivity index (χ2n) is 4.76. The zero-order valence-electron chi connectivity index (χ0n) is 11.2. The van der Waals surface area contributed by atoms with Crippen molar-refractivity contribution in [1.29, 1.82) is 5.26 Å². The van der Waals surface area contributed by atoms with E-state index in [0.717, 1.165) is 12.8 Å². The number of amides is 2. The van der Waals surface area contributed by atoms with E-state index in [1.807, 2.05) is 6.07 Å². The van der Waals surface area contributed by atoms with Crippen LogP contribution in [0.4, 0.5) is 10.5 Å². The van der Waals surface area contributed by atoms with Gasteiger partial charge in [-0.05, 0) is 31.0 Å². The highest BCUT2D eigenvalue weighted by atomic mass is 35.5. The number of carboxylic acid groups (broad SMARTS) is 1. The maximum Gasteiger partial charge on any atom is 0.337 e. The summed E-state index contributed by atoms with van der Waals surface area (Å²) in [6.45, 7) is 0.383. The quantitative estimate of drug-likeness (QED) is 0.874. The number of carbonyl (C=O) groups is 2. The summed E-state index contributed by atoms with van der Waals surface area (Å²) in [5, 5.41) is 20.3. The number of carboxylic acids is 1. The van der Waals surface area contributed by atoms with E-state index in [9.17, 15) is 9.59 Å². The minimum atomic E-state index is -1.12. The highest BCUT2D eigenvalue weighted by Crippen LogP contribution is 2.28. The molecule has 0 unspecified atom stereocenters. The number of carbonyl (C=O) groups excluding carboxylic acids is 1. The summed E-state index contributed by atoms with van der Waals surface area (Å²) in [5.41, 5.74) is 0.413. The Hall–Kier alpha value is -2.26. The average molecular weight is 308 g/mol. The highest BCUT2D eigenvalue weighted by Gasteiger charge is 2.32. The summed E-state index contributed by atoms with van der Waals surface area (Å²) in [5.74, 6) is -1.12. The van der Waals surface area contributed by atoms with Gasteiger partial charge in [-0.15, -0.1) is 0 Å². The van der Waals surface area contributed by atoms with Crippen LogP contribution in [0.5, 0.6) is 0 Å². The first kappa shape index (κ1) is 15.1. The molecule has 110 valence electrons. The van der Waals surface area contributed by atoms with Gasteiger partial charge in [-0.25, -0.2) is 9.59 Å². The van der Waals surface area contributed by atoms with E-state index >= 15 is 0 Å². The molecule has 0 spiro atoms. The van der Waals surface area contributed by atoms with Crippen LogP contribution in [0.15, 0.2) is 18.2 Å². The molecule has 7 heteroatoms. The monoisotopic (exact) mass is 307 g/mol. The molecular formula is C14H14ClN3O3. The van der Waals surface area contributed by atoms with Crippen molar-refractivity contribution in [2.24, 2.45) is 0 Å². The molecule has 1 fully saturated rings. The summed E-state index contributed by atoms with van der Waals surface area (Å²) in [6, 6.07) is 6.14. The van der Waals surface area contributed by atoms with Gasteiger partial charge in [0.25, 0.3) is 0 Å². The molecule has 2 amide bonds. The van der Waals surface area contributed by atoms with Gasteiger partial charge < -0.3 is 15.3 Å². The van der Waals surface area contributed by atoms with Crippen molar-refractivity contribution in [3.63, 3.8) is 0 Å². The average Bonchev–Trinajstić information content (AvgIpc) is 3.23. The number of nitrogens with one attached hydrogen (secondary N) is 1. The lowest BCUT2D eigenvalue weighted by Gasteiger charge is -2.21. The summed E-state index contributed by atoms with van der Waals surface area (Å²) in [6.07, 6.45) is 2.16. The van der Waals surface area contributed by atoms with Crippen molar-refractivity contribution >= 4 is 29.3 Å². The number of halogens is 1. The summed E-state index contributed by atoms with van der Waals surface area (Å²) in [4.78, 5) is 24.7. The lowest BCUT2D eigenvalue weighted by Crippen LogP contribution is -2.37. The van der Waals surface area contributed by atoms with Crippen molar-refractivity contribution in [1.82, 2.24) is 4.90 Å². The molecule has 0 saturated heterocycles. The third kappa shape index (κ3) is 3.86. The zero-order valence-corrected chi connectivity index (χ0v) is 11.9. The van der Waals surface area contributed by atoms with Gasteiger partial charge in [0.2, 0.25) is 0 Å². The molecule has 0 bridgehead atoms. The van der Waals surface area contributed by atoms with Crippen LogP contribution in [0.2, 0.25) is 5.02 Å². The summed E-state index contributed by atoms with van der Waals surface area (Å²) in [7, 11) is 0. The van der Waals surface area contributed by atoms with Crippen LogP contribution < -0.4 is 5.32 Å². The van der Waals surface area contributed by atoms with Gasteiger partial charge in [0.05, 0.1) is 23.1 Å². The molecule has 21 heavy (non-hydrogen) atoms. The fourth-order valence-corrected chi connectivity index (χ4v) is 2.23. The predicted molar refractivity (Wildman–Crippen MR) is 77.4 cm³/mol. The lowest BCUT2D eigenvalue weighted by atomic mass is 10.2. The molecule has 0 atom stereocenters. The van der Waals surface area contributed by atoms with Crippen molar-refractivity contribution in [3.05, 3.63) is 28.8 Å². The van der Waals surface area contributed by atoms with Crippen molar-refractivity contribution in [2.45, 2.75) is 25.3 Å². The SMILES string of the molecule is N#CCCN(C(=O)Nc1ccc(C(=O)O)c(Cl)c1)C1CC1. The zero-order chi connectivity index (χ0) is 15.4. The number of urea groups is 1. The van der Waals surface area contributed by atoms with Crippen molar-refractivity contribution < 1.29 is 14.7 Å². The van der Waals surface area contributed by atoms with Gasteiger partial charge in [0.15, 0.2) is 0 Å². The van der Waals surface area contributed by atoms with Crippen LogP contribution in [-0.4, -0.2) is 34.6 Å². The number of benzene rings is 1. The maximum absolute atomic E-state index is 12.2. The molecule has 1 aromatic rings. The Balaban J connectivity index is 2.06. The lowest BCUT2D eigenvalue weighted by molar-refractivity contribution is 0.0697. The van der Waals surface area contributed by atoms with Crippen LogP contribution in [0, 0.1) is 11.3 Å². The number of rotatable bonds is 5. The van der Waals surface area contributed by atoms with Crippen LogP contribution in [-0.2, 0) is 0 Å². The van der Waals surface area contributed by atoms with E-state index in [1.54, 1.807) is 4.90 Å². The Morgan fingerprint density at radius 1 is 1.48 bits per heavy atom. The molecule has 1 aliphatic carbocycles. The van der Waals surface area contributed by atoms with E-state index in [4.69, 9.17) is 22.0 Å². The van der Waals surface area contributed by atoms with Crippen molar-refractivity contribution in [2.75, 3.05) is 11.9 Å². The number of aromatic carboxylic acids is 1. The first-order chi connectivity index (χ1) is 10.0. The number of nitrogens with zero attached hydrogens (tertiary/aromatic N) is 2. The molecule has 0 aromatic heterocycles. The Kier molecular flexibility index (Phi) is 4.66. The second kappa shape index (κ2) is 6.46. The molecule has 1 saturated carbocycles. The standard InChI is InChI=1S/C14H14ClN3O3/c15-12-8-9(2-5-11(12)13(19)20)17-14(21)18(7-1-6-16)10-3-4-10/h2,5,8,10H,1,3-4,7H2,(H,17,21)(H,19,20). The molecule has 1 aromatic carbocycles. The van der Waals surface area contributed by atoms with E-state index in [0.29, 0.717) is 12.2 Å². The Bertz CT molecular complexity index is 608. The van der Waals surface area contributed by atoms with Crippen LogP contribution in [0.3, 0.4) is 0 Å². The van der Waals surface area contributed by atoms with E-state index < -0.39 is 5.97 Å². The fourth-order valence-electron chi connectivity index (χ4n) is 1.97. The Labute approximate surface area is 126 Å². The molecule has 0 aliphatic heterocycles. The van der Waals surface area contributed by atoms with Gasteiger partial charge in [-0.1, -0.05) is 11.6 Å². The third-order valence-corrected chi connectivity index (χ3v) is 3.48. The molecule has 2 N–H and O–H groups in total. The molecule has 2 rings (SSSR count). The van der Waals surface area contributed by atoms with E-state index in [2.05, 4.69) is 5.32 Å². The number of anilines is 1. The summed E-state index contributed by atoms with van der Waals surface area (Å²) >= 11 is 5.86. The number of nitriles is 1. The first-order valence-electron chi connectivity index (χ1n) is 6.50. The van der Waals surface area contributed by atoms with Crippen molar-refractivity contribution in [3.8, 4) is 6.07 Å².